The third-order valence-corrected chi connectivity index (χ3v) is 4.03. The van der Waals surface area contributed by atoms with Crippen LogP contribution in [0.3, 0.4) is 0 Å². The van der Waals surface area contributed by atoms with Gasteiger partial charge in [0.15, 0.2) is 0 Å². The van der Waals surface area contributed by atoms with Gasteiger partial charge in [-0.15, -0.1) is 0 Å². The first-order valence-electron chi connectivity index (χ1n) is 6.42. The van der Waals surface area contributed by atoms with Crippen molar-refractivity contribution in [3.8, 4) is 0 Å². The summed E-state index contributed by atoms with van der Waals surface area (Å²) in [7, 11) is -0.326. The van der Waals surface area contributed by atoms with Crippen molar-refractivity contribution in [3.63, 3.8) is 0 Å². The van der Waals surface area contributed by atoms with Crippen LogP contribution in [0.15, 0.2) is 18.2 Å². The van der Waals surface area contributed by atoms with Crippen molar-refractivity contribution < 1.29 is 9.31 Å². The topological polar surface area (TPSA) is 44.5 Å². The first kappa shape index (κ1) is 13.6. The Kier molecular flexibility index (Phi) is 3.30. The number of hydrogen-bond donors (Lipinski definition) is 1. The predicted octanol–water partition coefficient (Wildman–Crippen LogP) is 1.75. The molecule has 1 heterocycles. The summed E-state index contributed by atoms with van der Waals surface area (Å²) in [5.41, 5.74) is 8.49. The summed E-state index contributed by atoms with van der Waals surface area (Å²) in [5.74, 6) is 0. The van der Waals surface area contributed by atoms with Crippen LogP contribution < -0.4 is 11.2 Å². The highest BCUT2D eigenvalue weighted by Crippen LogP contribution is 2.36. The van der Waals surface area contributed by atoms with Gasteiger partial charge in [-0.2, -0.15) is 0 Å². The molecule has 1 fully saturated rings. The maximum Gasteiger partial charge on any atom is 0.495 e. The summed E-state index contributed by atoms with van der Waals surface area (Å²) in [6, 6.07) is 6.22. The number of nitrogens with two attached hydrogens (primary N) is 1. The monoisotopic (exact) mass is 247 g/mol. The highest BCUT2D eigenvalue weighted by molar-refractivity contribution is 6.62. The van der Waals surface area contributed by atoms with E-state index in [9.17, 15) is 0 Å². The lowest BCUT2D eigenvalue weighted by Crippen LogP contribution is -2.41. The van der Waals surface area contributed by atoms with E-state index in [1.54, 1.807) is 0 Å². The van der Waals surface area contributed by atoms with Crippen LogP contribution >= 0.6 is 0 Å². The zero-order valence-electron chi connectivity index (χ0n) is 11.9. The molecule has 0 atom stereocenters. The standard InChI is InChI=1S/C14H22BNO2/c1-10-6-7-11(9-16)12(8-10)15-17-13(2,3)14(4,5)18-15/h6-8H,9,16H2,1-5H3. The predicted molar refractivity (Wildman–Crippen MR) is 74.8 cm³/mol. The van der Waals surface area contributed by atoms with E-state index in [2.05, 4.69) is 52.8 Å². The second-order valence-electron chi connectivity index (χ2n) is 5.99. The highest BCUT2D eigenvalue weighted by Gasteiger charge is 2.52. The minimum atomic E-state index is -0.326. The van der Waals surface area contributed by atoms with E-state index in [0.29, 0.717) is 6.54 Å². The van der Waals surface area contributed by atoms with Crippen LogP contribution in [0, 0.1) is 6.92 Å². The van der Waals surface area contributed by atoms with Crippen molar-refractivity contribution in [2.24, 2.45) is 5.73 Å². The minimum Gasteiger partial charge on any atom is -0.399 e. The first-order chi connectivity index (χ1) is 8.27. The molecule has 4 heteroatoms. The Balaban J connectivity index is 2.37. The molecule has 3 nitrogen and oxygen atoms in total. The van der Waals surface area contributed by atoms with Gasteiger partial charge < -0.3 is 15.0 Å². The maximum atomic E-state index is 6.07. The Hall–Kier alpha value is -0.835. The summed E-state index contributed by atoms with van der Waals surface area (Å²) >= 11 is 0. The van der Waals surface area contributed by atoms with Crippen LogP contribution in [0.1, 0.15) is 38.8 Å². The SMILES string of the molecule is Cc1ccc(CN)c(B2OC(C)(C)C(C)(C)O2)c1. The molecule has 1 aliphatic heterocycles. The molecule has 1 aliphatic rings. The molecule has 0 unspecified atom stereocenters. The van der Waals surface area contributed by atoms with Gasteiger partial charge in [-0.1, -0.05) is 23.8 Å². The number of benzene rings is 1. The molecule has 1 saturated heterocycles. The molecule has 18 heavy (non-hydrogen) atoms. The zero-order valence-corrected chi connectivity index (χ0v) is 11.9. The van der Waals surface area contributed by atoms with E-state index in [4.69, 9.17) is 15.0 Å². The van der Waals surface area contributed by atoms with Gasteiger partial charge in [0.05, 0.1) is 11.2 Å². The van der Waals surface area contributed by atoms with Gasteiger partial charge in [-0.05, 0) is 45.6 Å². The highest BCUT2D eigenvalue weighted by atomic mass is 16.7. The first-order valence-corrected chi connectivity index (χ1v) is 6.42. The van der Waals surface area contributed by atoms with Crippen molar-refractivity contribution in [2.75, 3.05) is 0 Å². The van der Waals surface area contributed by atoms with Gasteiger partial charge in [0, 0.05) is 6.54 Å². The molecule has 98 valence electrons. The van der Waals surface area contributed by atoms with Crippen molar-refractivity contribution >= 4 is 12.6 Å². The fraction of sp³-hybridized carbons (Fsp3) is 0.571. The Bertz CT molecular complexity index is 441. The smallest absolute Gasteiger partial charge is 0.399 e. The average Bonchev–Trinajstić information content (AvgIpc) is 2.48. The van der Waals surface area contributed by atoms with E-state index < -0.39 is 0 Å². The fourth-order valence-electron chi connectivity index (χ4n) is 2.09. The fourth-order valence-corrected chi connectivity index (χ4v) is 2.09. The molecule has 0 bridgehead atoms. The number of hydrogen-bond acceptors (Lipinski definition) is 3. The lowest BCUT2D eigenvalue weighted by atomic mass is 9.75. The zero-order chi connectivity index (χ0) is 13.6. The average molecular weight is 247 g/mol. The second-order valence-corrected chi connectivity index (χ2v) is 5.99. The summed E-state index contributed by atoms with van der Waals surface area (Å²) in [4.78, 5) is 0. The van der Waals surface area contributed by atoms with Crippen molar-refractivity contribution in [2.45, 2.75) is 52.4 Å². The van der Waals surface area contributed by atoms with E-state index in [0.717, 1.165) is 11.0 Å². The minimum absolute atomic E-state index is 0.312. The van der Waals surface area contributed by atoms with Crippen LogP contribution in [0.25, 0.3) is 0 Å². The summed E-state index contributed by atoms with van der Waals surface area (Å²) < 4.78 is 12.1. The van der Waals surface area contributed by atoms with E-state index in [1.807, 2.05) is 0 Å². The maximum absolute atomic E-state index is 6.07. The van der Waals surface area contributed by atoms with Crippen LogP contribution in [0.2, 0.25) is 0 Å². The third kappa shape index (κ3) is 2.20. The van der Waals surface area contributed by atoms with E-state index in [1.165, 1.54) is 5.56 Å². The molecule has 0 radical (unpaired) electrons. The van der Waals surface area contributed by atoms with Crippen molar-refractivity contribution in [1.29, 1.82) is 0 Å². The van der Waals surface area contributed by atoms with Gasteiger partial charge in [0.25, 0.3) is 0 Å². The number of aryl methyl sites for hydroxylation is 1. The Morgan fingerprint density at radius 2 is 1.67 bits per heavy atom. The van der Waals surface area contributed by atoms with Gasteiger partial charge >= 0.3 is 7.12 Å². The number of rotatable bonds is 2. The normalized spacial score (nSPS) is 21.3. The quantitative estimate of drug-likeness (QED) is 0.810. The lowest BCUT2D eigenvalue weighted by molar-refractivity contribution is 0.00578. The Labute approximate surface area is 110 Å². The molecule has 0 saturated carbocycles. The van der Waals surface area contributed by atoms with Gasteiger partial charge in [-0.25, -0.2) is 0 Å². The van der Waals surface area contributed by atoms with Gasteiger partial charge in [0.2, 0.25) is 0 Å². The largest absolute Gasteiger partial charge is 0.495 e. The summed E-state index contributed by atoms with van der Waals surface area (Å²) in [6.07, 6.45) is 0. The molecule has 0 aliphatic carbocycles. The molecule has 2 N–H and O–H groups in total. The lowest BCUT2D eigenvalue weighted by Gasteiger charge is -2.32. The van der Waals surface area contributed by atoms with Crippen LogP contribution in [0.4, 0.5) is 0 Å². The third-order valence-electron chi connectivity index (χ3n) is 4.03. The molecule has 0 aromatic heterocycles. The Morgan fingerprint density at radius 1 is 1.11 bits per heavy atom. The molecular formula is C14H22BNO2. The Morgan fingerprint density at radius 3 is 2.17 bits per heavy atom. The van der Waals surface area contributed by atoms with Gasteiger partial charge in [0.1, 0.15) is 0 Å². The molecule has 1 aromatic rings. The van der Waals surface area contributed by atoms with E-state index in [-0.39, 0.29) is 18.3 Å². The second kappa shape index (κ2) is 4.37. The molecular weight excluding hydrogens is 225 g/mol. The van der Waals surface area contributed by atoms with Crippen LogP contribution in [-0.2, 0) is 15.9 Å². The molecule has 2 rings (SSSR count). The van der Waals surface area contributed by atoms with Crippen molar-refractivity contribution in [3.05, 3.63) is 29.3 Å². The summed E-state index contributed by atoms with van der Waals surface area (Å²) in [5, 5.41) is 0. The van der Waals surface area contributed by atoms with Crippen LogP contribution in [0.5, 0.6) is 0 Å². The summed E-state index contributed by atoms with van der Waals surface area (Å²) in [6.45, 7) is 10.8. The molecule has 1 aromatic carbocycles. The van der Waals surface area contributed by atoms with Crippen LogP contribution in [-0.4, -0.2) is 18.3 Å². The van der Waals surface area contributed by atoms with Crippen molar-refractivity contribution in [1.82, 2.24) is 0 Å². The van der Waals surface area contributed by atoms with Gasteiger partial charge in [-0.3, -0.25) is 0 Å². The van der Waals surface area contributed by atoms with E-state index >= 15 is 0 Å². The molecule has 0 spiro atoms. The molecule has 0 amide bonds.